The van der Waals surface area contributed by atoms with E-state index in [1.54, 1.807) is 44.2 Å². The standard InChI is InChI=1S/C45H66N4O11/c1-4-5-6-7-8-9-10-11-12-13-14-15-19-22-38(51)46-37(30-50)42(55)49-40(32-23-25-34(26-24-32)60-45(59)33-20-17-16-18-21-33)43(56)47-35(27-28-39(52)53)41(54)48-36(44(57)58)29-31(2)3/h16-18,20-21,23-26,31,35-37,40,50H,4-15,19,22,27-30H2,1-3H3,(H,46,51)(H,47,56)(H,48,54)(H,49,55)(H,52,53)(H,57,58)/t35-,36-,37-,40-/m0/s1. The van der Waals surface area contributed by atoms with Crippen LogP contribution in [0.15, 0.2) is 54.6 Å². The molecule has 15 nitrogen and oxygen atoms in total. The molecule has 0 radical (unpaired) electrons. The minimum Gasteiger partial charge on any atom is -0.481 e. The Labute approximate surface area is 353 Å². The molecule has 15 heteroatoms. The number of carboxylic acids is 2. The Balaban J connectivity index is 2.15. The lowest BCUT2D eigenvalue weighted by atomic mass is 10.0. The molecule has 332 valence electrons. The second kappa shape index (κ2) is 29.0. The fourth-order valence-electron chi connectivity index (χ4n) is 6.53. The van der Waals surface area contributed by atoms with Gasteiger partial charge in [0.25, 0.3) is 0 Å². The Morgan fingerprint density at radius 2 is 1.13 bits per heavy atom. The summed E-state index contributed by atoms with van der Waals surface area (Å²) in [6.07, 6.45) is 14.0. The molecule has 0 saturated heterocycles. The van der Waals surface area contributed by atoms with Gasteiger partial charge in [0, 0.05) is 12.8 Å². The van der Waals surface area contributed by atoms with Gasteiger partial charge in [-0.2, -0.15) is 0 Å². The molecule has 4 atom stereocenters. The summed E-state index contributed by atoms with van der Waals surface area (Å²) >= 11 is 0. The van der Waals surface area contributed by atoms with Crippen LogP contribution in [0.4, 0.5) is 0 Å². The maximum absolute atomic E-state index is 14.0. The van der Waals surface area contributed by atoms with Crippen molar-refractivity contribution in [1.82, 2.24) is 21.3 Å². The molecule has 0 saturated carbocycles. The van der Waals surface area contributed by atoms with Gasteiger partial charge in [-0.05, 0) is 55.0 Å². The lowest BCUT2D eigenvalue weighted by molar-refractivity contribution is -0.143. The van der Waals surface area contributed by atoms with E-state index in [2.05, 4.69) is 28.2 Å². The number of carboxylic acid groups (broad SMARTS) is 2. The topological polar surface area (TPSA) is 238 Å². The van der Waals surface area contributed by atoms with Gasteiger partial charge in [0.1, 0.15) is 29.9 Å². The quantitative estimate of drug-likeness (QED) is 0.0265. The number of carbonyl (C=O) groups is 7. The summed E-state index contributed by atoms with van der Waals surface area (Å²) in [6, 6.07) is 7.87. The second-order valence-electron chi connectivity index (χ2n) is 15.6. The third-order valence-electron chi connectivity index (χ3n) is 9.93. The summed E-state index contributed by atoms with van der Waals surface area (Å²) in [5.41, 5.74) is 0.428. The molecule has 0 aromatic heterocycles. The van der Waals surface area contributed by atoms with Crippen molar-refractivity contribution in [1.29, 1.82) is 0 Å². The SMILES string of the molecule is CCCCCCCCCCCCCCCC(=O)N[C@@H](CO)C(=O)N[C@H](C(=O)N[C@@H](CCC(=O)O)C(=O)N[C@@H](CC(C)C)C(=O)O)c1ccc(OC(=O)c2ccccc2)cc1. The molecule has 7 N–H and O–H groups in total. The molecule has 0 aliphatic heterocycles. The normalized spacial score (nSPS) is 13.0. The number of hydrogen-bond acceptors (Lipinski definition) is 9. The predicted octanol–water partition coefficient (Wildman–Crippen LogP) is 5.99. The minimum absolute atomic E-state index is 0.0637. The first kappa shape index (κ1) is 50.8. The Hall–Kier alpha value is -5.31. The fraction of sp³-hybridized carbons (Fsp3) is 0.578. The van der Waals surface area contributed by atoms with Crippen LogP contribution in [-0.2, 0) is 28.8 Å². The van der Waals surface area contributed by atoms with Crippen molar-refractivity contribution < 1.29 is 53.6 Å². The number of aliphatic hydroxyl groups is 1. The van der Waals surface area contributed by atoms with Gasteiger partial charge >= 0.3 is 17.9 Å². The number of ether oxygens (including phenoxy) is 1. The highest BCUT2D eigenvalue weighted by Crippen LogP contribution is 2.21. The largest absolute Gasteiger partial charge is 0.481 e. The average molecular weight is 839 g/mol. The van der Waals surface area contributed by atoms with Crippen molar-refractivity contribution in [3.63, 3.8) is 0 Å². The number of unbranched alkanes of at least 4 members (excludes halogenated alkanes) is 12. The van der Waals surface area contributed by atoms with Gasteiger partial charge in [-0.25, -0.2) is 9.59 Å². The van der Waals surface area contributed by atoms with Gasteiger partial charge in [0.15, 0.2) is 0 Å². The van der Waals surface area contributed by atoms with Crippen LogP contribution in [0.25, 0.3) is 0 Å². The van der Waals surface area contributed by atoms with Crippen LogP contribution in [0, 0.1) is 5.92 Å². The highest BCUT2D eigenvalue weighted by atomic mass is 16.5. The van der Waals surface area contributed by atoms with Crippen LogP contribution < -0.4 is 26.0 Å². The molecule has 4 amide bonds. The van der Waals surface area contributed by atoms with Crippen molar-refractivity contribution in [2.45, 2.75) is 154 Å². The smallest absolute Gasteiger partial charge is 0.343 e. The van der Waals surface area contributed by atoms with Gasteiger partial charge in [-0.1, -0.05) is 128 Å². The molecule has 0 bridgehead atoms. The molecule has 0 aliphatic carbocycles. The zero-order chi connectivity index (χ0) is 44.3. The molecule has 0 spiro atoms. The number of aliphatic hydroxyl groups excluding tert-OH is 1. The van der Waals surface area contributed by atoms with Crippen LogP contribution in [0.5, 0.6) is 5.75 Å². The molecule has 60 heavy (non-hydrogen) atoms. The summed E-state index contributed by atoms with van der Waals surface area (Å²) in [4.78, 5) is 89.7. The highest BCUT2D eigenvalue weighted by Gasteiger charge is 2.32. The van der Waals surface area contributed by atoms with Gasteiger partial charge in [0.2, 0.25) is 23.6 Å². The molecular formula is C45H66N4O11. The van der Waals surface area contributed by atoms with Gasteiger partial charge in [0.05, 0.1) is 12.2 Å². The van der Waals surface area contributed by atoms with Crippen LogP contribution in [0.2, 0.25) is 0 Å². The van der Waals surface area contributed by atoms with Crippen LogP contribution >= 0.6 is 0 Å². The highest BCUT2D eigenvalue weighted by molar-refractivity contribution is 5.96. The molecule has 2 aromatic rings. The third-order valence-corrected chi connectivity index (χ3v) is 9.93. The van der Waals surface area contributed by atoms with Crippen molar-refractivity contribution in [3.05, 3.63) is 65.7 Å². The number of aliphatic carboxylic acids is 2. The Morgan fingerprint density at radius 3 is 1.65 bits per heavy atom. The van der Waals surface area contributed by atoms with E-state index >= 15 is 0 Å². The first-order valence-electron chi connectivity index (χ1n) is 21.4. The number of benzene rings is 2. The average Bonchev–Trinajstić information content (AvgIpc) is 3.22. The molecule has 0 aliphatic rings. The Kier molecular flexibility index (Phi) is 24.6. The third kappa shape index (κ3) is 20.6. The zero-order valence-corrected chi connectivity index (χ0v) is 35.4. The maximum atomic E-state index is 14.0. The van der Waals surface area contributed by atoms with E-state index in [1.807, 2.05) is 0 Å². The van der Waals surface area contributed by atoms with Crippen LogP contribution in [-0.4, -0.2) is 81.6 Å². The van der Waals surface area contributed by atoms with E-state index in [0.29, 0.717) is 12.0 Å². The van der Waals surface area contributed by atoms with Crippen LogP contribution in [0.3, 0.4) is 0 Å². The van der Waals surface area contributed by atoms with Crippen molar-refractivity contribution in [2.75, 3.05) is 6.61 Å². The Bertz CT molecular complexity index is 1640. The summed E-state index contributed by atoms with van der Waals surface area (Å²) in [7, 11) is 0. The molecule has 2 rings (SSSR count). The van der Waals surface area contributed by atoms with Gasteiger partial charge < -0.3 is 41.3 Å². The van der Waals surface area contributed by atoms with Crippen molar-refractivity contribution in [3.8, 4) is 5.75 Å². The maximum Gasteiger partial charge on any atom is 0.343 e. The summed E-state index contributed by atoms with van der Waals surface area (Å²) < 4.78 is 5.43. The predicted molar refractivity (Wildman–Crippen MR) is 226 cm³/mol. The van der Waals surface area contributed by atoms with E-state index in [-0.39, 0.29) is 30.1 Å². The van der Waals surface area contributed by atoms with Gasteiger partial charge in [-0.15, -0.1) is 0 Å². The zero-order valence-electron chi connectivity index (χ0n) is 35.4. The van der Waals surface area contributed by atoms with Crippen LogP contribution in [0.1, 0.15) is 152 Å². The molecule has 2 aromatic carbocycles. The fourth-order valence-corrected chi connectivity index (χ4v) is 6.53. The minimum atomic E-state index is -1.57. The summed E-state index contributed by atoms with van der Waals surface area (Å²) in [6.45, 7) is 4.94. The number of hydrogen-bond donors (Lipinski definition) is 7. The van der Waals surface area contributed by atoms with E-state index in [4.69, 9.17) is 4.74 Å². The van der Waals surface area contributed by atoms with Crippen molar-refractivity contribution >= 4 is 41.5 Å². The van der Waals surface area contributed by atoms with E-state index in [0.717, 1.165) is 25.7 Å². The van der Waals surface area contributed by atoms with E-state index < -0.39 is 85.2 Å². The molecule has 0 fully saturated rings. The molecular weight excluding hydrogens is 773 g/mol. The summed E-state index contributed by atoms with van der Waals surface area (Å²) in [5.74, 6) is -6.56. The lowest BCUT2D eigenvalue weighted by Gasteiger charge is -2.26. The van der Waals surface area contributed by atoms with Crippen molar-refractivity contribution in [2.24, 2.45) is 5.92 Å². The van der Waals surface area contributed by atoms with Gasteiger partial charge in [-0.3, -0.25) is 24.0 Å². The Morgan fingerprint density at radius 1 is 0.600 bits per heavy atom. The molecule has 0 unspecified atom stereocenters. The number of amides is 4. The van der Waals surface area contributed by atoms with E-state index in [9.17, 15) is 48.9 Å². The first-order valence-corrected chi connectivity index (χ1v) is 21.4. The summed E-state index contributed by atoms with van der Waals surface area (Å²) in [5, 5.41) is 39.0. The second-order valence-corrected chi connectivity index (χ2v) is 15.6. The number of carbonyl (C=O) groups excluding carboxylic acids is 5. The monoisotopic (exact) mass is 838 g/mol. The number of esters is 1. The molecule has 0 heterocycles. The number of nitrogens with one attached hydrogen (secondary N) is 4. The number of rotatable bonds is 31. The van der Waals surface area contributed by atoms with E-state index in [1.165, 1.54) is 75.6 Å². The lowest BCUT2D eigenvalue weighted by Crippen LogP contribution is -2.55. The first-order chi connectivity index (χ1) is 28.7.